The van der Waals surface area contributed by atoms with Gasteiger partial charge in [0, 0.05) is 32.7 Å². The van der Waals surface area contributed by atoms with E-state index in [0.717, 1.165) is 39.4 Å². The Labute approximate surface area is 112 Å². The number of nitrogens with zero attached hydrogens (tertiary/aromatic N) is 2. The van der Waals surface area contributed by atoms with Crippen molar-refractivity contribution in [2.45, 2.75) is 12.5 Å². The highest BCUT2D eigenvalue weighted by Crippen LogP contribution is 2.22. The van der Waals surface area contributed by atoms with Gasteiger partial charge in [-0.15, -0.1) is 0 Å². The van der Waals surface area contributed by atoms with Crippen molar-refractivity contribution in [3.05, 3.63) is 0 Å². The van der Waals surface area contributed by atoms with Crippen molar-refractivity contribution < 1.29 is 14.3 Å². The number of rotatable bonds is 5. The number of hydrogen-bond acceptors (Lipinski definition) is 5. The van der Waals surface area contributed by atoms with E-state index in [1.807, 2.05) is 4.90 Å². The standard InChI is InChI=1S/C12H22N4O3/c13-11(17)9-7-10(12(14)18)16(8-9)2-1-15-3-5-19-6-4-15/h9-10H,1-8H2,(H2,13,17)(H2,14,18). The summed E-state index contributed by atoms with van der Waals surface area (Å²) in [6.07, 6.45) is 0.452. The highest BCUT2D eigenvalue weighted by molar-refractivity contribution is 5.83. The largest absolute Gasteiger partial charge is 0.379 e. The predicted octanol–water partition coefficient (Wildman–Crippen LogP) is -2.02. The van der Waals surface area contributed by atoms with Crippen LogP contribution in [0, 0.1) is 5.92 Å². The molecule has 2 fully saturated rings. The maximum Gasteiger partial charge on any atom is 0.234 e. The molecule has 0 saturated carbocycles. The summed E-state index contributed by atoms with van der Waals surface area (Å²) >= 11 is 0. The molecule has 0 radical (unpaired) electrons. The Morgan fingerprint density at radius 3 is 2.37 bits per heavy atom. The van der Waals surface area contributed by atoms with E-state index >= 15 is 0 Å². The first-order chi connectivity index (χ1) is 9.08. The number of carbonyl (C=O) groups is 2. The maximum atomic E-state index is 11.4. The zero-order valence-corrected chi connectivity index (χ0v) is 11.1. The van der Waals surface area contributed by atoms with E-state index in [1.54, 1.807) is 0 Å². The summed E-state index contributed by atoms with van der Waals surface area (Å²) in [5.41, 5.74) is 10.7. The van der Waals surface area contributed by atoms with Gasteiger partial charge in [-0.2, -0.15) is 0 Å². The van der Waals surface area contributed by atoms with E-state index in [0.29, 0.717) is 13.0 Å². The molecule has 19 heavy (non-hydrogen) atoms. The fourth-order valence-electron chi connectivity index (χ4n) is 2.75. The molecule has 0 aliphatic carbocycles. The third-order valence-electron chi connectivity index (χ3n) is 3.94. The van der Waals surface area contributed by atoms with Gasteiger partial charge in [0.05, 0.1) is 25.2 Å². The van der Waals surface area contributed by atoms with E-state index in [-0.39, 0.29) is 23.8 Å². The summed E-state index contributed by atoms with van der Waals surface area (Å²) < 4.78 is 5.29. The SMILES string of the molecule is NC(=O)C1CC(C(N)=O)N(CCN2CCOCC2)C1. The Balaban J connectivity index is 1.86. The summed E-state index contributed by atoms with van der Waals surface area (Å²) in [4.78, 5) is 26.9. The molecule has 4 N–H and O–H groups in total. The molecule has 108 valence electrons. The van der Waals surface area contributed by atoms with Gasteiger partial charge in [-0.25, -0.2) is 0 Å². The van der Waals surface area contributed by atoms with E-state index < -0.39 is 0 Å². The first kappa shape index (κ1) is 14.2. The number of carbonyl (C=O) groups excluding carboxylic acids is 2. The van der Waals surface area contributed by atoms with Crippen LogP contribution in [0.1, 0.15) is 6.42 Å². The average molecular weight is 270 g/mol. The van der Waals surface area contributed by atoms with Crippen molar-refractivity contribution >= 4 is 11.8 Å². The number of amides is 2. The molecule has 0 aromatic carbocycles. The Bertz CT molecular complexity index is 344. The lowest BCUT2D eigenvalue weighted by Gasteiger charge is -2.29. The number of morpholine rings is 1. The lowest BCUT2D eigenvalue weighted by Crippen LogP contribution is -2.46. The van der Waals surface area contributed by atoms with Crippen LogP contribution in [0.25, 0.3) is 0 Å². The van der Waals surface area contributed by atoms with Crippen LogP contribution in [0.4, 0.5) is 0 Å². The summed E-state index contributed by atoms with van der Waals surface area (Å²) in [6.45, 7) is 5.46. The molecular formula is C12H22N4O3. The van der Waals surface area contributed by atoms with Crippen LogP contribution in [-0.2, 0) is 14.3 Å². The summed E-state index contributed by atoms with van der Waals surface area (Å²) in [5.74, 6) is -0.979. The Hall–Kier alpha value is -1.18. The minimum absolute atomic E-state index is 0.262. The van der Waals surface area contributed by atoms with Gasteiger partial charge in [-0.05, 0) is 6.42 Å². The quantitative estimate of drug-likeness (QED) is 0.600. The van der Waals surface area contributed by atoms with E-state index in [4.69, 9.17) is 16.2 Å². The van der Waals surface area contributed by atoms with Crippen LogP contribution in [-0.4, -0.2) is 73.6 Å². The third kappa shape index (κ3) is 3.65. The van der Waals surface area contributed by atoms with E-state index in [9.17, 15) is 9.59 Å². The predicted molar refractivity (Wildman–Crippen MR) is 69.1 cm³/mol. The van der Waals surface area contributed by atoms with Gasteiger partial charge in [0.25, 0.3) is 0 Å². The average Bonchev–Trinajstić information content (AvgIpc) is 2.82. The number of ether oxygens (including phenoxy) is 1. The van der Waals surface area contributed by atoms with Crippen LogP contribution in [0.2, 0.25) is 0 Å². The minimum Gasteiger partial charge on any atom is -0.379 e. The molecule has 0 aromatic rings. The molecular weight excluding hydrogens is 248 g/mol. The van der Waals surface area contributed by atoms with Crippen molar-refractivity contribution in [1.82, 2.24) is 9.80 Å². The topological polar surface area (TPSA) is 102 Å². The Morgan fingerprint density at radius 2 is 1.79 bits per heavy atom. The summed E-state index contributed by atoms with van der Waals surface area (Å²) in [7, 11) is 0. The Morgan fingerprint density at radius 1 is 1.11 bits per heavy atom. The van der Waals surface area contributed by atoms with Crippen molar-refractivity contribution in [2.75, 3.05) is 45.9 Å². The second-order valence-electron chi connectivity index (χ2n) is 5.20. The van der Waals surface area contributed by atoms with Gasteiger partial charge < -0.3 is 16.2 Å². The van der Waals surface area contributed by atoms with Crippen LogP contribution in [0.5, 0.6) is 0 Å². The smallest absolute Gasteiger partial charge is 0.234 e. The summed E-state index contributed by atoms with van der Waals surface area (Å²) in [6, 6.07) is -0.362. The monoisotopic (exact) mass is 270 g/mol. The lowest BCUT2D eigenvalue weighted by atomic mass is 10.1. The van der Waals surface area contributed by atoms with Gasteiger partial charge >= 0.3 is 0 Å². The first-order valence-electron chi connectivity index (χ1n) is 6.70. The molecule has 2 atom stereocenters. The summed E-state index contributed by atoms with van der Waals surface area (Å²) in [5, 5.41) is 0. The van der Waals surface area contributed by atoms with E-state index in [2.05, 4.69) is 4.90 Å². The fraction of sp³-hybridized carbons (Fsp3) is 0.833. The molecule has 2 heterocycles. The molecule has 0 aromatic heterocycles. The third-order valence-corrected chi connectivity index (χ3v) is 3.94. The van der Waals surface area contributed by atoms with Crippen molar-refractivity contribution in [2.24, 2.45) is 17.4 Å². The zero-order chi connectivity index (χ0) is 13.8. The van der Waals surface area contributed by atoms with Crippen LogP contribution < -0.4 is 11.5 Å². The molecule has 2 unspecified atom stereocenters. The number of nitrogens with two attached hydrogens (primary N) is 2. The molecule has 7 nitrogen and oxygen atoms in total. The Kier molecular flexibility index (Phi) is 4.73. The number of hydrogen-bond donors (Lipinski definition) is 2. The van der Waals surface area contributed by atoms with Crippen molar-refractivity contribution in [3.8, 4) is 0 Å². The number of primary amides is 2. The van der Waals surface area contributed by atoms with Crippen molar-refractivity contribution in [1.29, 1.82) is 0 Å². The van der Waals surface area contributed by atoms with Gasteiger partial charge in [0.1, 0.15) is 0 Å². The van der Waals surface area contributed by atoms with Crippen molar-refractivity contribution in [3.63, 3.8) is 0 Å². The van der Waals surface area contributed by atoms with E-state index in [1.165, 1.54) is 0 Å². The van der Waals surface area contributed by atoms with Crippen LogP contribution >= 0.6 is 0 Å². The maximum absolute atomic E-state index is 11.4. The molecule has 2 aliphatic heterocycles. The van der Waals surface area contributed by atoms with Gasteiger partial charge in [-0.3, -0.25) is 19.4 Å². The molecule has 0 spiro atoms. The van der Waals surface area contributed by atoms with Gasteiger partial charge in [0.15, 0.2) is 0 Å². The molecule has 7 heteroatoms. The number of likely N-dealkylation sites (tertiary alicyclic amines) is 1. The molecule has 2 saturated heterocycles. The van der Waals surface area contributed by atoms with Crippen LogP contribution in [0.15, 0.2) is 0 Å². The second-order valence-corrected chi connectivity index (χ2v) is 5.20. The van der Waals surface area contributed by atoms with Crippen LogP contribution in [0.3, 0.4) is 0 Å². The van der Waals surface area contributed by atoms with Gasteiger partial charge in [-0.1, -0.05) is 0 Å². The molecule has 2 amide bonds. The highest BCUT2D eigenvalue weighted by atomic mass is 16.5. The molecule has 2 aliphatic rings. The molecule has 0 bridgehead atoms. The normalized spacial score (nSPS) is 29.5. The first-order valence-corrected chi connectivity index (χ1v) is 6.70. The lowest BCUT2D eigenvalue weighted by molar-refractivity contribution is -0.122. The second kappa shape index (κ2) is 6.31. The highest BCUT2D eigenvalue weighted by Gasteiger charge is 2.37. The molecule has 2 rings (SSSR count). The minimum atomic E-state index is -0.370. The fourth-order valence-corrected chi connectivity index (χ4v) is 2.75. The zero-order valence-electron chi connectivity index (χ0n) is 11.1. The van der Waals surface area contributed by atoms with Gasteiger partial charge in [0.2, 0.25) is 11.8 Å².